The first-order valence-corrected chi connectivity index (χ1v) is 16.7. The number of halogens is 6. The van der Waals surface area contributed by atoms with Gasteiger partial charge in [0, 0.05) is 49.2 Å². The van der Waals surface area contributed by atoms with Crippen molar-refractivity contribution in [2.75, 3.05) is 48.8 Å². The number of nitrogens with zero attached hydrogens (tertiary/aromatic N) is 4. The lowest BCUT2D eigenvalue weighted by Crippen LogP contribution is -2.48. The van der Waals surface area contributed by atoms with Gasteiger partial charge in [-0.2, -0.15) is 28.1 Å². The predicted molar refractivity (Wildman–Crippen MR) is 188 cm³/mol. The third kappa shape index (κ3) is 11.6. The molecule has 0 saturated heterocycles. The van der Waals surface area contributed by atoms with Gasteiger partial charge < -0.3 is 35.6 Å². The molecule has 13 nitrogen and oxygen atoms in total. The van der Waals surface area contributed by atoms with Crippen molar-refractivity contribution in [2.24, 2.45) is 5.41 Å². The minimum Gasteiger partial charge on any atom is -0.492 e. The van der Waals surface area contributed by atoms with Crippen LogP contribution in [0.1, 0.15) is 36.2 Å². The molecule has 4 aliphatic heterocycles. The Morgan fingerprint density at radius 1 is 0.981 bits per heavy atom. The van der Waals surface area contributed by atoms with Crippen LogP contribution >= 0.6 is 11.6 Å². The van der Waals surface area contributed by atoms with E-state index in [4.69, 9.17) is 21.1 Å². The maximum Gasteiger partial charge on any atom is 0.422 e. The van der Waals surface area contributed by atoms with E-state index < -0.39 is 53.6 Å². The minimum absolute atomic E-state index is 0.00898. The fourth-order valence-corrected chi connectivity index (χ4v) is 5.38. The van der Waals surface area contributed by atoms with Gasteiger partial charge >= 0.3 is 24.0 Å². The molecule has 3 aromatic carbocycles. The monoisotopic (exact) mass is 776 g/mol. The Hall–Kier alpha value is -5.78. The minimum atomic E-state index is -4.64. The molecule has 0 saturated carbocycles. The molecule has 1 aromatic heterocycles. The van der Waals surface area contributed by atoms with Crippen LogP contribution in [0.3, 0.4) is 0 Å². The van der Waals surface area contributed by atoms with E-state index >= 15 is 0 Å². The van der Waals surface area contributed by atoms with Crippen molar-refractivity contribution >= 4 is 52.6 Å². The van der Waals surface area contributed by atoms with Gasteiger partial charge in [0.2, 0.25) is 11.9 Å². The van der Waals surface area contributed by atoms with Crippen LogP contribution in [0.5, 0.6) is 11.8 Å². The molecule has 19 heteroatoms. The molecule has 3 amide bonds. The standard InChI is InChI=1S/C35H34ClF5N8O5/c1-34(2)17-43-28(50)21-5-7-24(8-6-21)45-32-46-31(47-33(48-32)54-19-35(39,40)41)42-16-20-4-9-27(26(36)12-20)53-11-3-10-49(18-34)30(52)29(51)44-25-14-22(37)13-23(38)15-25/h4-9,12-15H,3,10-11,16-19H2,1-2H3,(H,43,50)(H,44,51)(H2,42,45,46,47,48). The Morgan fingerprint density at radius 3 is 2.37 bits per heavy atom. The highest BCUT2D eigenvalue weighted by atomic mass is 35.5. The van der Waals surface area contributed by atoms with E-state index in [1.54, 1.807) is 32.0 Å². The third-order valence-electron chi connectivity index (χ3n) is 7.61. The summed E-state index contributed by atoms with van der Waals surface area (Å²) in [5, 5.41) is 11.0. The second kappa shape index (κ2) is 16.9. The fourth-order valence-electron chi connectivity index (χ4n) is 5.13. The second-order valence-corrected chi connectivity index (χ2v) is 13.3. The Labute approximate surface area is 310 Å². The molecule has 6 bridgehead atoms. The van der Waals surface area contributed by atoms with Crippen molar-refractivity contribution in [1.82, 2.24) is 25.2 Å². The summed E-state index contributed by atoms with van der Waals surface area (Å²) < 4.78 is 76.8. The lowest BCUT2D eigenvalue weighted by atomic mass is 9.92. The van der Waals surface area contributed by atoms with Crippen LogP contribution in [0.15, 0.2) is 60.7 Å². The lowest BCUT2D eigenvalue weighted by Gasteiger charge is -2.32. The van der Waals surface area contributed by atoms with Crippen LogP contribution in [-0.4, -0.2) is 76.6 Å². The Balaban J connectivity index is 1.38. The van der Waals surface area contributed by atoms with Crippen LogP contribution < -0.4 is 30.7 Å². The normalized spacial score (nSPS) is 15.2. The zero-order valence-corrected chi connectivity index (χ0v) is 29.6. The van der Waals surface area contributed by atoms with E-state index in [0.717, 1.165) is 12.1 Å². The number of anilines is 4. The number of rotatable bonds is 3. The summed E-state index contributed by atoms with van der Waals surface area (Å²) in [5.41, 5.74) is 0.247. The fraction of sp³-hybridized carbons (Fsp3) is 0.314. The molecule has 4 N–H and O–H groups in total. The van der Waals surface area contributed by atoms with E-state index in [1.165, 1.54) is 29.2 Å². The van der Waals surface area contributed by atoms with E-state index in [-0.39, 0.29) is 67.4 Å². The third-order valence-corrected chi connectivity index (χ3v) is 7.90. The number of hydrogen-bond donors (Lipinski definition) is 4. The molecule has 0 spiro atoms. The molecule has 0 aliphatic carbocycles. The molecule has 4 aliphatic rings. The molecule has 0 radical (unpaired) electrons. The van der Waals surface area contributed by atoms with Crippen LogP contribution in [0.2, 0.25) is 5.02 Å². The number of carbonyl (C=O) groups is 3. The molecule has 0 fully saturated rings. The van der Waals surface area contributed by atoms with Gasteiger partial charge in [0.1, 0.15) is 17.4 Å². The topological polar surface area (TPSA) is 160 Å². The van der Waals surface area contributed by atoms with Gasteiger partial charge in [-0.3, -0.25) is 14.4 Å². The highest BCUT2D eigenvalue weighted by molar-refractivity contribution is 6.39. The molecule has 286 valence electrons. The maximum absolute atomic E-state index is 13.7. The van der Waals surface area contributed by atoms with Gasteiger partial charge in [0.25, 0.3) is 5.91 Å². The van der Waals surface area contributed by atoms with Crippen molar-refractivity contribution in [3.8, 4) is 11.8 Å². The lowest BCUT2D eigenvalue weighted by molar-refractivity contribution is -0.154. The molecule has 4 aromatic rings. The van der Waals surface area contributed by atoms with E-state index in [1.807, 2.05) is 0 Å². The van der Waals surface area contributed by atoms with Gasteiger partial charge in [-0.1, -0.05) is 31.5 Å². The van der Waals surface area contributed by atoms with Crippen molar-refractivity contribution in [2.45, 2.75) is 33.0 Å². The van der Waals surface area contributed by atoms with Crippen molar-refractivity contribution in [3.63, 3.8) is 0 Å². The highest BCUT2D eigenvalue weighted by Gasteiger charge is 2.30. The number of aromatic nitrogens is 3. The van der Waals surface area contributed by atoms with Crippen LogP contribution in [0.4, 0.5) is 45.2 Å². The molecular formula is C35H34ClF5N8O5. The smallest absolute Gasteiger partial charge is 0.422 e. The summed E-state index contributed by atoms with van der Waals surface area (Å²) in [6, 6.07) is 12.7. The Bertz CT molecular complexity index is 1980. The number of hydrogen-bond acceptors (Lipinski definition) is 10. The summed E-state index contributed by atoms with van der Waals surface area (Å²) in [6.45, 7) is 2.14. The average Bonchev–Trinajstić information content (AvgIpc) is 3.09. The second-order valence-electron chi connectivity index (χ2n) is 12.9. The molecule has 0 atom stereocenters. The number of nitrogens with one attached hydrogen (secondary N) is 4. The molecule has 0 unspecified atom stereocenters. The zero-order valence-electron chi connectivity index (χ0n) is 28.8. The van der Waals surface area contributed by atoms with Crippen molar-refractivity contribution in [1.29, 1.82) is 0 Å². The summed E-state index contributed by atoms with van der Waals surface area (Å²) in [4.78, 5) is 52.8. The molecule has 54 heavy (non-hydrogen) atoms. The number of benzene rings is 3. The van der Waals surface area contributed by atoms with Gasteiger partial charge in [0.15, 0.2) is 6.61 Å². The van der Waals surface area contributed by atoms with Gasteiger partial charge in [-0.25, -0.2) is 8.78 Å². The van der Waals surface area contributed by atoms with Crippen molar-refractivity contribution in [3.05, 3.63) is 88.4 Å². The van der Waals surface area contributed by atoms with Crippen LogP contribution in [0.25, 0.3) is 0 Å². The summed E-state index contributed by atoms with van der Waals surface area (Å²) in [7, 11) is 0. The van der Waals surface area contributed by atoms with Gasteiger partial charge in [0.05, 0.1) is 11.6 Å². The Kier molecular flexibility index (Phi) is 12.4. The number of carbonyl (C=O) groups excluding carboxylic acids is 3. The van der Waals surface area contributed by atoms with E-state index in [9.17, 15) is 36.3 Å². The molecule has 5 heterocycles. The first kappa shape index (κ1) is 39.4. The maximum atomic E-state index is 13.7. The van der Waals surface area contributed by atoms with E-state index in [0.29, 0.717) is 23.1 Å². The summed E-state index contributed by atoms with van der Waals surface area (Å²) in [6.07, 6.45) is -4.41. The first-order valence-electron chi connectivity index (χ1n) is 16.3. The predicted octanol–water partition coefficient (Wildman–Crippen LogP) is 6.11. The van der Waals surface area contributed by atoms with Gasteiger partial charge in [-0.05, 0) is 65.9 Å². The molecular weight excluding hydrogens is 743 g/mol. The van der Waals surface area contributed by atoms with Crippen molar-refractivity contribution < 1.29 is 45.8 Å². The summed E-state index contributed by atoms with van der Waals surface area (Å²) >= 11 is 6.47. The Morgan fingerprint density at radius 2 is 1.69 bits per heavy atom. The largest absolute Gasteiger partial charge is 0.492 e. The average molecular weight is 777 g/mol. The number of amides is 3. The van der Waals surface area contributed by atoms with Gasteiger partial charge in [-0.15, -0.1) is 0 Å². The highest BCUT2D eigenvalue weighted by Crippen LogP contribution is 2.27. The number of alkyl halides is 3. The van der Waals surface area contributed by atoms with Crippen LogP contribution in [-0.2, 0) is 16.1 Å². The number of ether oxygens (including phenoxy) is 2. The quantitative estimate of drug-likeness (QED) is 0.141. The SMILES string of the molecule is CC1(C)CNC(=O)c2ccc(cc2)Nc2nc(nc(OCC(F)(F)F)n2)NCc2ccc(c(Cl)c2)OCCCN(C(=O)C(=O)Nc2cc(F)cc(F)c2)C1. The first-order chi connectivity index (χ1) is 25.5. The van der Waals surface area contributed by atoms with E-state index in [2.05, 4.69) is 36.2 Å². The molecule has 8 rings (SSSR count). The van der Waals surface area contributed by atoms with Crippen LogP contribution in [0, 0.1) is 17.0 Å². The zero-order chi connectivity index (χ0) is 39.0. The summed E-state index contributed by atoms with van der Waals surface area (Å²) in [5.74, 6) is -4.37.